The van der Waals surface area contributed by atoms with Crippen LogP contribution in [-0.4, -0.2) is 38.2 Å². The Kier molecular flexibility index (Phi) is 3.71. The summed E-state index contributed by atoms with van der Waals surface area (Å²) < 4.78 is 6.90. The number of methoxy groups -OCH3 is 1. The molecule has 1 N–H and O–H groups in total. The highest BCUT2D eigenvalue weighted by Crippen LogP contribution is 2.12. The van der Waals surface area contributed by atoms with Crippen molar-refractivity contribution in [3.63, 3.8) is 0 Å². The van der Waals surface area contributed by atoms with E-state index in [1.165, 1.54) is 7.11 Å². The standard InChI is InChI=1S/C11H16N6O/c1-4-8-13-6-7-17(8)10-14-9(12-5-2)15-11(16-10)18-3/h6-7H,4-5H2,1-3H3,(H,12,14,15,16). The third-order valence-corrected chi connectivity index (χ3v) is 2.37. The number of nitrogens with one attached hydrogen (secondary N) is 1. The van der Waals surface area contributed by atoms with E-state index in [2.05, 4.69) is 25.3 Å². The molecule has 0 atom stereocenters. The van der Waals surface area contributed by atoms with Crippen LogP contribution in [0, 0.1) is 0 Å². The van der Waals surface area contributed by atoms with Crippen molar-refractivity contribution in [2.24, 2.45) is 0 Å². The quantitative estimate of drug-likeness (QED) is 0.852. The van der Waals surface area contributed by atoms with Gasteiger partial charge in [0.15, 0.2) is 0 Å². The van der Waals surface area contributed by atoms with Gasteiger partial charge in [-0.15, -0.1) is 0 Å². The van der Waals surface area contributed by atoms with Gasteiger partial charge in [-0.1, -0.05) is 6.92 Å². The van der Waals surface area contributed by atoms with Crippen LogP contribution in [-0.2, 0) is 6.42 Å². The first-order chi connectivity index (χ1) is 8.78. The number of nitrogens with zero attached hydrogens (tertiary/aromatic N) is 5. The molecule has 0 fully saturated rings. The van der Waals surface area contributed by atoms with Gasteiger partial charge in [-0.25, -0.2) is 4.98 Å². The van der Waals surface area contributed by atoms with Gasteiger partial charge in [0.25, 0.3) is 0 Å². The van der Waals surface area contributed by atoms with Gasteiger partial charge in [0.2, 0.25) is 11.9 Å². The molecule has 7 nitrogen and oxygen atoms in total. The molecule has 0 saturated carbocycles. The number of imidazole rings is 1. The summed E-state index contributed by atoms with van der Waals surface area (Å²) in [6.45, 7) is 4.74. The molecule has 0 radical (unpaired) electrons. The second-order valence-electron chi connectivity index (χ2n) is 3.54. The summed E-state index contributed by atoms with van der Waals surface area (Å²) in [6, 6.07) is 0.284. The molecule has 0 aliphatic carbocycles. The molecule has 0 aliphatic heterocycles. The molecule has 0 bridgehead atoms. The zero-order valence-electron chi connectivity index (χ0n) is 10.7. The first kappa shape index (κ1) is 12.3. The lowest BCUT2D eigenvalue weighted by molar-refractivity contribution is 0.378. The maximum Gasteiger partial charge on any atom is 0.322 e. The van der Waals surface area contributed by atoms with E-state index in [1.807, 2.05) is 24.6 Å². The number of aryl methyl sites for hydroxylation is 1. The lowest BCUT2D eigenvalue weighted by atomic mass is 10.4. The molecule has 0 saturated heterocycles. The van der Waals surface area contributed by atoms with Crippen LogP contribution in [0.3, 0.4) is 0 Å². The molecule has 0 amide bonds. The van der Waals surface area contributed by atoms with E-state index in [1.54, 1.807) is 6.20 Å². The second kappa shape index (κ2) is 5.44. The summed E-state index contributed by atoms with van der Waals surface area (Å²) in [4.78, 5) is 16.9. The summed E-state index contributed by atoms with van der Waals surface area (Å²) in [5.74, 6) is 1.90. The van der Waals surface area contributed by atoms with Crippen molar-refractivity contribution in [3.05, 3.63) is 18.2 Å². The van der Waals surface area contributed by atoms with Crippen molar-refractivity contribution in [2.45, 2.75) is 20.3 Å². The molecular weight excluding hydrogens is 232 g/mol. The van der Waals surface area contributed by atoms with Crippen molar-refractivity contribution in [1.82, 2.24) is 24.5 Å². The number of aromatic nitrogens is 5. The van der Waals surface area contributed by atoms with Gasteiger partial charge in [-0.3, -0.25) is 4.57 Å². The first-order valence-corrected chi connectivity index (χ1v) is 5.85. The minimum atomic E-state index is 0.284. The molecule has 2 aromatic rings. The Morgan fingerprint density at radius 1 is 1.28 bits per heavy atom. The fraction of sp³-hybridized carbons (Fsp3) is 0.455. The predicted octanol–water partition coefficient (Wildman–Crippen LogP) is 1.06. The molecule has 2 heterocycles. The summed E-state index contributed by atoms with van der Waals surface area (Å²) >= 11 is 0. The first-order valence-electron chi connectivity index (χ1n) is 5.85. The van der Waals surface area contributed by atoms with E-state index in [4.69, 9.17) is 4.74 Å². The van der Waals surface area contributed by atoms with Crippen molar-refractivity contribution < 1.29 is 4.74 Å². The molecular formula is C11H16N6O. The molecule has 0 aromatic carbocycles. The Hall–Kier alpha value is -2.18. The lowest BCUT2D eigenvalue weighted by Gasteiger charge is -2.08. The molecule has 7 heteroatoms. The van der Waals surface area contributed by atoms with E-state index < -0.39 is 0 Å². The maximum absolute atomic E-state index is 5.08. The number of hydrogen-bond donors (Lipinski definition) is 1. The SMILES string of the molecule is CCNc1nc(OC)nc(-n2ccnc2CC)n1. The van der Waals surface area contributed by atoms with E-state index in [9.17, 15) is 0 Å². The van der Waals surface area contributed by atoms with E-state index in [-0.39, 0.29) is 6.01 Å². The van der Waals surface area contributed by atoms with Crippen molar-refractivity contribution in [1.29, 1.82) is 0 Å². The van der Waals surface area contributed by atoms with Crippen LogP contribution in [0.5, 0.6) is 6.01 Å². The normalized spacial score (nSPS) is 10.4. The van der Waals surface area contributed by atoms with Gasteiger partial charge in [0, 0.05) is 25.4 Å². The highest BCUT2D eigenvalue weighted by molar-refractivity contribution is 5.30. The monoisotopic (exact) mass is 248 g/mol. The van der Waals surface area contributed by atoms with Crippen molar-refractivity contribution in [3.8, 4) is 12.0 Å². The zero-order chi connectivity index (χ0) is 13.0. The number of rotatable bonds is 5. The largest absolute Gasteiger partial charge is 0.467 e. The molecule has 2 aromatic heterocycles. The average Bonchev–Trinajstić information content (AvgIpc) is 2.87. The third-order valence-electron chi connectivity index (χ3n) is 2.37. The van der Waals surface area contributed by atoms with Gasteiger partial charge < -0.3 is 10.1 Å². The van der Waals surface area contributed by atoms with Crippen LogP contribution in [0.15, 0.2) is 12.4 Å². The minimum Gasteiger partial charge on any atom is -0.467 e. The zero-order valence-corrected chi connectivity index (χ0v) is 10.7. The van der Waals surface area contributed by atoms with Gasteiger partial charge in [-0.2, -0.15) is 15.0 Å². The lowest BCUT2D eigenvalue weighted by Crippen LogP contribution is -2.11. The van der Waals surface area contributed by atoms with Gasteiger partial charge >= 0.3 is 6.01 Å². The molecule has 0 aliphatic rings. The van der Waals surface area contributed by atoms with Gasteiger partial charge in [0.05, 0.1) is 7.11 Å². The molecule has 0 spiro atoms. The van der Waals surface area contributed by atoms with Crippen molar-refractivity contribution >= 4 is 5.95 Å². The second-order valence-corrected chi connectivity index (χ2v) is 3.54. The van der Waals surface area contributed by atoms with Crippen LogP contribution < -0.4 is 10.1 Å². The maximum atomic E-state index is 5.08. The van der Waals surface area contributed by atoms with Crippen LogP contribution in [0.25, 0.3) is 5.95 Å². The fourth-order valence-corrected chi connectivity index (χ4v) is 1.56. The van der Waals surface area contributed by atoms with Crippen molar-refractivity contribution in [2.75, 3.05) is 19.0 Å². The van der Waals surface area contributed by atoms with E-state index >= 15 is 0 Å². The predicted molar refractivity (Wildman–Crippen MR) is 67.0 cm³/mol. The Morgan fingerprint density at radius 2 is 2.11 bits per heavy atom. The van der Waals surface area contributed by atoms with E-state index in [0.717, 1.165) is 18.8 Å². The molecule has 96 valence electrons. The van der Waals surface area contributed by atoms with Gasteiger partial charge in [0.1, 0.15) is 5.82 Å². The Balaban J connectivity index is 2.46. The topological polar surface area (TPSA) is 77.8 Å². The average molecular weight is 248 g/mol. The summed E-state index contributed by atoms with van der Waals surface area (Å²) in [7, 11) is 1.53. The third kappa shape index (κ3) is 2.39. The number of anilines is 1. The van der Waals surface area contributed by atoms with Crippen LogP contribution in [0.1, 0.15) is 19.7 Å². The number of ether oxygens (including phenoxy) is 1. The Morgan fingerprint density at radius 3 is 2.78 bits per heavy atom. The highest BCUT2D eigenvalue weighted by atomic mass is 16.5. The summed E-state index contributed by atoms with van der Waals surface area (Å²) in [5, 5.41) is 3.05. The fourth-order valence-electron chi connectivity index (χ4n) is 1.56. The Bertz CT molecular complexity index is 524. The van der Waals surface area contributed by atoms with Gasteiger partial charge in [-0.05, 0) is 6.92 Å². The number of hydrogen-bond acceptors (Lipinski definition) is 6. The molecule has 18 heavy (non-hydrogen) atoms. The summed E-state index contributed by atoms with van der Waals surface area (Å²) in [5.41, 5.74) is 0. The van der Waals surface area contributed by atoms with Crippen LogP contribution >= 0.6 is 0 Å². The van der Waals surface area contributed by atoms with Crippen LogP contribution in [0.2, 0.25) is 0 Å². The Labute approximate surface area is 105 Å². The van der Waals surface area contributed by atoms with Crippen LogP contribution in [0.4, 0.5) is 5.95 Å². The molecule has 0 unspecified atom stereocenters. The summed E-state index contributed by atoms with van der Waals surface area (Å²) in [6.07, 6.45) is 4.35. The highest BCUT2D eigenvalue weighted by Gasteiger charge is 2.10. The smallest absolute Gasteiger partial charge is 0.322 e. The minimum absolute atomic E-state index is 0.284. The van der Waals surface area contributed by atoms with E-state index in [0.29, 0.717) is 11.9 Å². The molecule has 2 rings (SSSR count).